The van der Waals surface area contributed by atoms with Crippen LogP contribution in [0.4, 0.5) is 5.69 Å². The number of rotatable bonds is 10. The number of aromatic carboxylic acids is 1. The van der Waals surface area contributed by atoms with Crippen LogP contribution in [0.2, 0.25) is 0 Å². The summed E-state index contributed by atoms with van der Waals surface area (Å²) < 4.78 is 0. The third-order valence-corrected chi connectivity index (χ3v) is 15.6. The molecule has 2 aromatic carbocycles. The van der Waals surface area contributed by atoms with Gasteiger partial charge in [-0.2, -0.15) is 0 Å². The van der Waals surface area contributed by atoms with Crippen LogP contribution in [0.5, 0.6) is 0 Å². The molecule has 6 fully saturated rings. The van der Waals surface area contributed by atoms with Gasteiger partial charge in [-0.3, -0.25) is 60.7 Å². The predicted octanol–water partition coefficient (Wildman–Crippen LogP) is 0.989. The maximum Gasteiger partial charge on any atom is 0.335 e. The number of amidine groups is 2. The van der Waals surface area contributed by atoms with E-state index in [0.717, 1.165) is 44.3 Å². The zero-order valence-electron chi connectivity index (χ0n) is 43.9. The van der Waals surface area contributed by atoms with Crippen LogP contribution >= 0.6 is 0 Å². The summed E-state index contributed by atoms with van der Waals surface area (Å²) in [5, 5.41) is 51.9. The number of carbonyl (C=O) groups is 5. The molecule has 412 valence electrons. The molecule has 6 heterocycles. The van der Waals surface area contributed by atoms with E-state index in [0.29, 0.717) is 154 Å². The van der Waals surface area contributed by atoms with Gasteiger partial charge in [-0.25, -0.2) is 4.79 Å². The average Bonchev–Trinajstić information content (AvgIpc) is 3.42. The Morgan fingerprint density at radius 2 is 0.816 bits per heavy atom. The van der Waals surface area contributed by atoms with Crippen molar-refractivity contribution in [2.45, 2.75) is 52.6 Å². The molecule has 0 unspecified atom stereocenters. The third-order valence-electron chi connectivity index (χ3n) is 15.6. The number of amides is 4. The molecule has 76 heavy (non-hydrogen) atoms. The summed E-state index contributed by atoms with van der Waals surface area (Å²) in [6.45, 7) is 15.9. The molecule has 0 atom stereocenters. The minimum Gasteiger partial charge on any atom is -0.478 e. The van der Waals surface area contributed by atoms with Crippen molar-refractivity contribution in [1.29, 1.82) is 21.6 Å². The third kappa shape index (κ3) is 14.5. The Hall–Kier alpha value is -7.41. The summed E-state index contributed by atoms with van der Waals surface area (Å²) in [6, 6.07) is 9.37. The molecule has 0 spiro atoms. The molecule has 9 N–H and O–H groups in total. The first-order chi connectivity index (χ1) is 36.2. The van der Waals surface area contributed by atoms with Crippen LogP contribution < -0.4 is 11.5 Å². The van der Waals surface area contributed by atoms with E-state index < -0.39 is 10.9 Å². The standard InChI is InChI=1S/C26H38N8O4.C25H37N9O4/c1-18(27)31-4-2-20(3-5-31)23(35)32-10-12-33(13-11-32)24(36)21-14-19(15-22(16-21)25(37)38)17-30-6-8-34(9-7-30)26(28)29;1-18(26)30-4-2-20(3-5-30)23(35)31-10-12-32(13-11-31)24(36)21-14-19(15-22(16-21)34(37)38)17-29-6-8-33(9-7-29)25(27)28/h14-16,20,27H,2-13,17H2,1H3,(H3,28,29)(H,37,38);14-16,20,26H,2-13,17H2,1H3,(H3,27,28). The number of hydrogen-bond acceptors (Lipinski definition) is 13. The maximum atomic E-state index is 13.4. The first-order valence-electron chi connectivity index (χ1n) is 26.3. The lowest BCUT2D eigenvalue weighted by Gasteiger charge is -2.39. The smallest absolute Gasteiger partial charge is 0.335 e. The number of carboxylic acid groups (broad SMARTS) is 1. The summed E-state index contributed by atoms with van der Waals surface area (Å²) in [7, 11) is 0. The van der Waals surface area contributed by atoms with Gasteiger partial charge in [0.05, 0.1) is 22.2 Å². The first-order valence-corrected chi connectivity index (χ1v) is 26.3. The van der Waals surface area contributed by atoms with Gasteiger partial charge >= 0.3 is 5.97 Å². The van der Waals surface area contributed by atoms with Crippen molar-refractivity contribution in [2.24, 2.45) is 23.3 Å². The number of likely N-dealkylation sites (tertiary alicyclic amines) is 2. The summed E-state index contributed by atoms with van der Waals surface area (Å²) >= 11 is 0. The molecule has 0 saturated carbocycles. The molecule has 0 aliphatic carbocycles. The first kappa shape index (κ1) is 56.3. The van der Waals surface area contributed by atoms with E-state index >= 15 is 0 Å². The Morgan fingerprint density at radius 3 is 1.16 bits per heavy atom. The Bertz CT molecular complexity index is 2340. The van der Waals surface area contributed by atoms with Crippen LogP contribution in [0, 0.1) is 43.6 Å². The molecule has 25 nitrogen and oxygen atoms in total. The lowest BCUT2D eigenvalue weighted by atomic mass is 9.95. The van der Waals surface area contributed by atoms with Gasteiger partial charge in [0.25, 0.3) is 17.5 Å². The van der Waals surface area contributed by atoms with Gasteiger partial charge in [0.1, 0.15) is 0 Å². The van der Waals surface area contributed by atoms with E-state index in [-0.39, 0.29) is 64.2 Å². The van der Waals surface area contributed by atoms with Crippen molar-refractivity contribution in [2.75, 3.05) is 131 Å². The lowest BCUT2D eigenvalue weighted by molar-refractivity contribution is -0.385. The number of nitrogens with one attached hydrogen (secondary N) is 4. The fourth-order valence-corrected chi connectivity index (χ4v) is 10.9. The topological polar surface area (TPSA) is 329 Å². The lowest BCUT2D eigenvalue weighted by Crippen LogP contribution is -2.53. The number of piperazine rings is 4. The zero-order valence-corrected chi connectivity index (χ0v) is 43.9. The number of carboxylic acids is 1. The second-order valence-corrected chi connectivity index (χ2v) is 20.6. The molecule has 6 aliphatic heterocycles. The van der Waals surface area contributed by atoms with Crippen LogP contribution in [0.15, 0.2) is 36.4 Å². The molecule has 6 aliphatic rings. The van der Waals surface area contributed by atoms with Gasteiger partial charge in [-0.05, 0) is 74.9 Å². The van der Waals surface area contributed by atoms with Gasteiger partial charge in [-0.1, -0.05) is 0 Å². The van der Waals surface area contributed by atoms with E-state index in [1.54, 1.807) is 51.6 Å². The second-order valence-electron chi connectivity index (χ2n) is 20.6. The number of nitro benzene ring substituents is 1. The van der Waals surface area contributed by atoms with E-state index in [1.165, 1.54) is 18.2 Å². The highest BCUT2D eigenvalue weighted by atomic mass is 16.6. The second kappa shape index (κ2) is 25.4. The molecule has 6 saturated heterocycles. The highest BCUT2D eigenvalue weighted by molar-refractivity contribution is 5.98. The molecule has 4 amide bonds. The SMILES string of the molecule is CC(=N)N1CCC(C(=O)N2CCN(C(=O)c3cc(CN4CCN(C(=N)N)CC4)cc(C(=O)O)c3)CC2)CC1.CC(=N)N1CCC(C(=O)N2CCN(C(=O)c3cc(CN4CCN(C(=N)N)CC4)cc([N+](=O)[O-])c3)CC2)CC1. The van der Waals surface area contributed by atoms with E-state index in [2.05, 4.69) is 9.80 Å². The van der Waals surface area contributed by atoms with E-state index in [4.69, 9.17) is 33.1 Å². The highest BCUT2D eigenvalue weighted by Gasteiger charge is 2.34. The molecule has 0 radical (unpaired) electrons. The predicted molar refractivity (Wildman–Crippen MR) is 284 cm³/mol. The largest absolute Gasteiger partial charge is 0.478 e. The maximum absolute atomic E-state index is 13.4. The number of piperidine rings is 2. The molecule has 2 aromatic rings. The van der Waals surface area contributed by atoms with E-state index in [9.17, 15) is 39.2 Å². The summed E-state index contributed by atoms with van der Waals surface area (Å²) in [5.74, 6) is -0.270. The summed E-state index contributed by atoms with van der Waals surface area (Å²) in [6.07, 6.45) is 2.94. The highest BCUT2D eigenvalue weighted by Crippen LogP contribution is 2.25. The monoisotopic (exact) mass is 1050 g/mol. The fraction of sp³-hybridized carbons (Fsp3) is 0.588. The molecular formula is C51H75N17O8. The van der Waals surface area contributed by atoms with Gasteiger partial charge in [0, 0.05) is 179 Å². The molecular weight excluding hydrogens is 979 g/mol. The average molecular weight is 1050 g/mol. The molecule has 0 bridgehead atoms. The van der Waals surface area contributed by atoms with Gasteiger partial charge in [-0.15, -0.1) is 0 Å². The zero-order chi connectivity index (χ0) is 54.8. The number of nitrogens with zero attached hydrogens (tertiary/aromatic N) is 11. The normalized spacial score (nSPS) is 19.4. The van der Waals surface area contributed by atoms with Gasteiger partial charge in [0.15, 0.2) is 11.9 Å². The van der Waals surface area contributed by atoms with Gasteiger partial charge < -0.3 is 55.8 Å². The van der Waals surface area contributed by atoms with Crippen molar-refractivity contribution in [1.82, 2.24) is 49.0 Å². The number of guanidine groups is 2. The number of nitro groups is 1. The van der Waals surface area contributed by atoms with Crippen molar-refractivity contribution in [3.8, 4) is 0 Å². The fourth-order valence-electron chi connectivity index (χ4n) is 10.9. The van der Waals surface area contributed by atoms with Crippen molar-refractivity contribution >= 4 is 58.9 Å². The van der Waals surface area contributed by atoms with E-state index in [1.807, 2.05) is 19.6 Å². The van der Waals surface area contributed by atoms with Crippen LogP contribution in [0.25, 0.3) is 0 Å². The van der Waals surface area contributed by atoms with Crippen molar-refractivity contribution < 1.29 is 34.0 Å². The van der Waals surface area contributed by atoms with Crippen LogP contribution in [-0.4, -0.2) is 243 Å². The minimum atomic E-state index is -1.08. The van der Waals surface area contributed by atoms with Gasteiger partial charge in [0.2, 0.25) is 11.8 Å². The Balaban J connectivity index is 0.000000221. The number of nitrogens with two attached hydrogens (primary N) is 2. The van der Waals surface area contributed by atoms with Crippen molar-refractivity contribution in [3.63, 3.8) is 0 Å². The molecule has 8 rings (SSSR count). The van der Waals surface area contributed by atoms with Crippen LogP contribution in [0.1, 0.15) is 81.7 Å². The molecule has 0 aromatic heterocycles. The minimum absolute atomic E-state index is 0.0398. The molecule has 25 heteroatoms. The summed E-state index contributed by atoms with van der Waals surface area (Å²) in [5.41, 5.74) is 13.2. The van der Waals surface area contributed by atoms with Crippen LogP contribution in [-0.2, 0) is 22.7 Å². The number of hydrogen-bond donors (Lipinski definition) is 7. The summed E-state index contributed by atoms with van der Waals surface area (Å²) in [4.78, 5) is 94.6. The Morgan fingerprint density at radius 1 is 0.487 bits per heavy atom. The number of carbonyl (C=O) groups excluding carboxylic acids is 4. The Labute approximate surface area is 443 Å². The van der Waals surface area contributed by atoms with Crippen LogP contribution in [0.3, 0.4) is 0 Å². The number of benzene rings is 2. The Kier molecular flexibility index (Phi) is 18.8. The van der Waals surface area contributed by atoms with Crippen molar-refractivity contribution in [3.05, 3.63) is 74.3 Å². The number of non-ortho nitro benzene ring substituents is 1. The quantitative estimate of drug-likeness (QED) is 0.0755.